The van der Waals surface area contributed by atoms with Gasteiger partial charge in [0.25, 0.3) is 11.5 Å². The highest BCUT2D eigenvalue weighted by molar-refractivity contribution is 7.20. The van der Waals surface area contributed by atoms with Crippen LogP contribution in [0.3, 0.4) is 0 Å². The van der Waals surface area contributed by atoms with E-state index in [1.807, 2.05) is 24.3 Å². The number of rotatable bonds is 4. The summed E-state index contributed by atoms with van der Waals surface area (Å²) in [5.74, 6) is -0.258. The second kappa shape index (κ2) is 9.09. The van der Waals surface area contributed by atoms with Crippen molar-refractivity contribution in [2.24, 2.45) is 0 Å². The van der Waals surface area contributed by atoms with E-state index < -0.39 is 18.5 Å². The van der Waals surface area contributed by atoms with Gasteiger partial charge in [0.05, 0.1) is 5.39 Å². The molecule has 1 aliphatic heterocycles. The molecule has 0 unspecified atom stereocenters. The number of amides is 1. The first-order valence-electron chi connectivity index (χ1n) is 11.3. The van der Waals surface area contributed by atoms with Crippen molar-refractivity contribution >= 4 is 39.1 Å². The van der Waals surface area contributed by atoms with E-state index >= 15 is 0 Å². The number of aryl methyl sites for hydroxylation is 2. The molecule has 174 valence electrons. The number of hydrogen-bond donors (Lipinski definition) is 1. The Kier molecular flexibility index (Phi) is 6.38. The van der Waals surface area contributed by atoms with Crippen LogP contribution in [-0.2, 0) is 27.9 Å². The van der Waals surface area contributed by atoms with Crippen molar-refractivity contribution in [2.45, 2.75) is 65.3 Å². The summed E-state index contributed by atoms with van der Waals surface area (Å²) in [5, 5.41) is 3.22. The number of carbonyl (C=O) groups excluding carboxylic acids is 2. The molecule has 0 saturated heterocycles. The number of aromatic nitrogens is 2. The zero-order valence-electron chi connectivity index (χ0n) is 19.5. The lowest BCUT2D eigenvalue weighted by molar-refractivity contribution is -0.119. The Bertz CT molecular complexity index is 1270. The average Bonchev–Trinajstić information content (AvgIpc) is 2.93. The molecule has 1 amide bonds. The lowest BCUT2D eigenvalue weighted by Gasteiger charge is -2.19. The third-order valence-corrected chi connectivity index (χ3v) is 7.13. The van der Waals surface area contributed by atoms with E-state index in [0.717, 1.165) is 48.4 Å². The Labute approximate surface area is 196 Å². The molecule has 1 aliphatic rings. The van der Waals surface area contributed by atoms with Crippen LogP contribution in [0.5, 0.6) is 0 Å². The predicted octanol–water partition coefficient (Wildman–Crippen LogP) is 4.59. The first kappa shape index (κ1) is 23.2. The SMILES string of the molecule is Cc1c(C(=O)OCC(=O)Nc2ccc(C(C)(C)C)cc2)sc2nc3n(c(=O)c12)CCCCC3. The van der Waals surface area contributed by atoms with Crippen LogP contribution in [0.4, 0.5) is 5.69 Å². The maximum atomic E-state index is 13.1. The molecule has 0 bridgehead atoms. The van der Waals surface area contributed by atoms with Gasteiger partial charge in [0.15, 0.2) is 6.61 Å². The Morgan fingerprint density at radius 1 is 1.15 bits per heavy atom. The minimum atomic E-state index is -0.617. The standard InChI is InChI=1S/C25H29N3O4S/c1-15-20-22(27-18-8-6-5-7-13-28(18)23(20)30)33-21(15)24(31)32-14-19(29)26-17-11-9-16(10-12-17)25(2,3)4/h9-12H,5-8,13-14H2,1-4H3,(H,26,29). The Morgan fingerprint density at radius 2 is 1.88 bits per heavy atom. The fraction of sp³-hybridized carbons (Fsp3) is 0.440. The highest BCUT2D eigenvalue weighted by Crippen LogP contribution is 2.29. The summed E-state index contributed by atoms with van der Waals surface area (Å²) in [6.07, 6.45) is 3.80. The van der Waals surface area contributed by atoms with Crippen LogP contribution in [0, 0.1) is 6.92 Å². The number of nitrogens with zero attached hydrogens (tertiary/aromatic N) is 2. The van der Waals surface area contributed by atoms with Crippen LogP contribution in [0.2, 0.25) is 0 Å². The van der Waals surface area contributed by atoms with Crippen LogP contribution in [0.15, 0.2) is 29.1 Å². The molecule has 0 saturated carbocycles. The van der Waals surface area contributed by atoms with Gasteiger partial charge in [-0.25, -0.2) is 9.78 Å². The van der Waals surface area contributed by atoms with Gasteiger partial charge in [0.1, 0.15) is 15.5 Å². The monoisotopic (exact) mass is 467 g/mol. The fourth-order valence-electron chi connectivity index (χ4n) is 4.05. The first-order chi connectivity index (χ1) is 15.6. The van der Waals surface area contributed by atoms with Crippen molar-refractivity contribution in [1.82, 2.24) is 9.55 Å². The van der Waals surface area contributed by atoms with Gasteiger partial charge in [0, 0.05) is 18.7 Å². The van der Waals surface area contributed by atoms with Gasteiger partial charge in [-0.15, -0.1) is 11.3 Å². The summed E-state index contributed by atoms with van der Waals surface area (Å²) in [6.45, 7) is 8.35. The van der Waals surface area contributed by atoms with E-state index in [2.05, 4.69) is 31.1 Å². The maximum Gasteiger partial charge on any atom is 0.349 e. The number of hydrogen-bond acceptors (Lipinski definition) is 6. The summed E-state index contributed by atoms with van der Waals surface area (Å²) in [6, 6.07) is 7.60. The van der Waals surface area contributed by atoms with E-state index in [1.54, 1.807) is 11.5 Å². The van der Waals surface area contributed by atoms with E-state index in [1.165, 1.54) is 0 Å². The average molecular weight is 468 g/mol. The van der Waals surface area contributed by atoms with Crippen LogP contribution in [-0.4, -0.2) is 28.0 Å². The molecule has 1 aromatic carbocycles. The molecule has 3 aromatic rings. The molecular formula is C25H29N3O4S. The zero-order valence-corrected chi connectivity index (χ0v) is 20.3. The predicted molar refractivity (Wildman–Crippen MR) is 130 cm³/mol. The van der Waals surface area contributed by atoms with Gasteiger partial charge in [0.2, 0.25) is 0 Å². The molecule has 0 spiro atoms. The second-order valence-electron chi connectivity index (χ2n) is 9.48. The third kappa shape index (κ3) is 4.85. The highest BCUT2D eigenvalue weighted by Gasteiger charge is 2.23. The topological polar surface area (TPSA) is 90.3 Å². The van der Waals surface area contributed by atoms with Gasteiger partial charge in [-0.1, -0.05) is 39.3 Å². The van der Waals surface area contributed by atoms with Crippen LogP contribution in [0.25, 0.3) is 10.2 Å². The zero-order chi connectivity index (χ0) is 23.8. The summed E-state index contributed by atoms with van der Waals surface area (Å²) in [5.41, 5.74) is 2.29. The molecule has 0 fully saturated rings. The second-order valence-corrected chi connectivity index (χ2v) is 10.5. The number of esters is 1. The van der Waals surface area contributed by atoms with Gasteiger partial charge in [-0.2, -0.15) is 0 Å². The van der Waals surface area contributed by atoms with E-state index in [0.29, 0.717) is 32.9 Å². The minimum Gasteiger partial charge on any atom is -0.451 e. The molecular weight excluding hydrogens is 438 g/mol. The third-order valence-electron chi connectivity index (χ3n) is 5.97. The maximum absolute atomic E-state index is 13.1. The Balaban J connectivity index is 1.46. The molecule has 0 atom stereocenters. The van der Waals surface area contributed by atoms with Crippen molar-refractivity contribution < 1.29 is 14.3 Å². The van der Waals surface area contributed by atoms with Crippen molar-refractivity contribution in [3.05, 3.63) is 56.4 Å². The molecule has 7 nitrogen and oxygen atoms in total. The van der Waals surface area contributed by atoms with Gasteiger partial charge in [-0.3, -0.25) is 14.2 Å². The molecule has 0 radical (unpaired) electrons. The lowest BCUT2D eigenvalue weighted by Crippen LogP contribution is -2.24. The Morgan fingerprint density at radius 3 is 2.58 bits per heavy atom. The molecule has 0 aliphatic carbocycles. The summed E-state index contributed by atoms with van der Waals surface area (Å²) in [4.78, 5) is 43.6. The molecule has 8 heteroatoms. The van der Waals surface area contributed by atoms with E-state index in [-0.39, 0.29) is 11.0 Å². The number of carbonyl (C=O) groups is 2. The Hall–Kier alpha value is -3.00. The fourth-order valence-corrected chi connectivity index (χ4v) is 5.14. The van der Waals surface area contributed by atoms with Gasteiger partial charge >= 0.3 is 5.97 Å². The number of thiophene rings is 1. The van der Waals surface area contributed by atoms with Crippen LogP contribution in [0.1, 0.15) is 66.7 Å². The molecule has 33 heavy (non-hydrogen) atoms. The molecule has 1 N–H and O–H groups in total. The summed E-state index contributed by atoms with van der Waals surface area (Å²) >= 11 is 1.15. The highest BCUT2D eigenvalue weighted by atomic mass is 32.1. The minimum absolute atomic E-state index is 0.0238. The smallest absolute Gasteiger partial charge is 0.349 e. The van der Waals surface area contributed by atoms with Crippen LogP contribution >= 0.6 is 11.3 Å². The number of benzene rings is 1. The molecule has 4 rings (SSSR count). The van der Waals surface area contributed by atoms with E-state index in [9.17, 15) is 14.4 Å². The lowest BCUT2D eigenvalue weighted by atomic mass is 9.87. The van der Waals surface area contributed by atoms with Crippen molar-refractivity contribution in [1.29, 1.82) is 0 Å². The largest absolute Gasteiger partial charge is 0.451 e. The van der Waals surface area contributed by atoms with Crippen molar-refractivity contribution in [3.8, 4) is 0 Å². The van der Waals surface area contributed by atoms with Crippen LogP contribution < -0.4 is 10.9 Å². The number of fused-ring (bicyclic) bond motifs is 2. The van der Waals surface area contributed by atoms with Gasteiger partial charge in [-0.05, 0) is 48.4 Å². The van der Waals surface area contributed by atoms with E-state index in [4.69, 9.17) is 4.74 Å². The summed E-state index contributed by atoms with van der Waals surface area (Å²) < 4.78 is 7.00. The van der Waals surface area contributed by atoms with Gasteiger partial charge < -0.3 is 10.1 Å². The number of ether oxygens (including phenoxy) is 1. The molecule has 3 heterocycles. The quantitative estimate of drug-likeness (QED) is 0.567. The summed E-state index contributed by atoms with van der Waals surface area (Å²) in [7, 11) is 0. The number of anilines is 1. The number of nitrogens with one attached hydrogen (secondary N) is 1. The molecule has 2 aromatic heterocycles. The first-order valence-corrected chi connectivity index (χ1v) is 12.1. The normalized spacial score (nSPS) is 13.9. The van der Waals surface area contributed by atoms with Crippen molar-refractivity contribution in [3.63, 3.8) is 0 Å². The van der Waals surface area contributed by atoms with Crippen molar-refractivity contribution in [2.75, 3.05) is 11.9 Å².